The van der Waals surface area contributed by atoms with Crippen LogP contribution in [0.1, 0.15) is 24.1 Å². The van der Waals surface area contributed by atoms with E-state index in [4.69, 9.17) is 0 Å². The monoisotopic (exact) mass is 353 g/mol. The summed E-state index contributed by atoms with van der Waals surface area (Å²) < 4.78 is 2.00. The molecule has 0 fully saturated rings. The first-order chi connectivity index (χ1) is 12.8. The highest BCUT2D eigenvalue weighted by atomic mass is 15.2. The van der Waals surface area contributed by atoms with Crippen LogP contribution >= 0.6 is 0 Å². The molecule has 2 heterocycles. The number of aromatic nitrogens is 4. The van der Waals surface area contributed by atoms with E-state index in [9.17, 15) is 0 Å². The lowest BCUT2D eigenvalue weighted by Crippen LogP contribution is -2.38. The number of nitrogens with zero attached hydrogens (tertiary/aromatic N) is 4. The fourth-order valence-corrected chi connectivity index (χ4v) is 3.15. The Bertz CT molecular complexity index is 833. The van der Waals surface area contributed by atoms with Crippen LogP contribution in [0, 0.1) is 6.92 Å². The predicted molar refractivity (Wildman–Crippen MR) is 105 cm³/mol. The highest BCUT2D eigenvalue weighted by Gasteiger charge is 2.07. The van der Waals surface area contributed by atoms with E-state index < -0.39 is 0 Å². The van der Waals surface area contributed by atoms with Gasteiger partial charge < -0.3 is 20.2 Å². The van der Waals surface area contributed by atoms with E-state index in [1.165, 1.54) is 22.2 Å². The van der Waals surface area contributed by atoms with Crippen LogP contribution in [0.4, 0.5) is 0 Å². The van der Waals surface area contributed by atoms with Gasteiger partial charge in [0.25, 0.3) is 0 Å². The summed E-state index contributed by atoms with van der Waals surface area (Å²) in [5.41, 5.74) is 3.82. The molecule has 7 nitrogen and oxygen atoms in total. The van der Waals surface area contributed by atoms with Gasteiger partial charge in [0.1, 0.15) is 12.7 Å². The highest BCUT2D eigenvalue weighted by Crippen LogP contribution is 2.21. The number of aliphatic imine (C=N–C) groups is 1. The van der Waals surface area contributed by atoms with Crippen LogP contribution in [0.2, 0.25) is 0 Å². The van der Waals surface area contributed by atoms with Gasteiger partial charge in [0.2, 0.25) is 0 Å². The molecule has 7 heteroatoms. The minimum absolute atomic E-state index is 0.850. The minimum atomic E-state index is 0.850. The van der Waals surface area contributed by atoms with Gasteiger partial charge in [-0.25, -0.2) is 0 Å². The Hall–Kier alpha value is -2.83. The Balaban J connectivity index is 1.39. The van der Waals surface area contributed by atoms with Crippen LogP contribution in [0.15, 0.2) is 41.9 Å². The van der Waals surface area contributed by atoms with E-state index in [-0.39, 0.29) is 0 Å². The number of hydrogen-bond donors (Lipinski definition) is 3. The van der Waals surface area contributed by atoms with Gasteiger partial charge in [-0.1, -0.05) is 18.2 Å². The number of unbranched alkanes of at least 4 members (excludes halogenated alkanes) is 1. The number of aromatic amines is 1. The molecule has 0 amide bonds. The number of nitrogens with one attached hydrogen (secondary N) is 3. The number of aryl methyl sites for hydroxylation is 2. The topological polar surface area (TPSA) is 82.9 Å². The summed E-state index contributed by atoms with van der Waals surface area (Å²) in [5, 5.41) is 15.7. The summed E-state index contributed by atoms with van der Waals surface area (Å²) in [6.07, 6.45) is 6.61. The van der Waals surface area contributed by atoms with Crippen LogP contribution in [0.25, 0.3) is 10.9 Å². The van der Waals surface area contributed by atoms with E-state index in [0.717, 1.165) is 44.9 Å². The molecule has 0 aliphatic heterocycles. The maximum Gasteiger partial charge on any atom is 0.190 e. The molecule has 0 aliphatic carbocycles. The van der Waals surface area contributed by atoms with Crippen molar-refractivity contribution >= 4 is 16.9 Å². The van der Waals surface area contributed by atoms with Crippen LogP contribution in [0.3, 0.4) is 0 Å². The van der Waals surface area contributed by atoms with E-state index in [1.807, 2.05) is 11.6 Å². The summed E-state index contributed by atoms with van der Waals surface area (Å²) in [4.78, 5) is 7.76. The fourth-order valence-electron chi connectivity index (χ4n) is 3.15. The van der Waals surface area contributed by atoms with Crippen molar-refractivity contribution in [3.63, 3.8) is 0 Å². The van der Waals surface area contributed by atoms with Crippen molar-refractivity contribution in [2.24, 2.45) is 4.99 Å². The molecule has 0 saturated carbocycles. The first-order valence-corrected chi connectivity index (χ1v) is 9.11. The number of guanidine groups is 1. The third-order valence-corrected chi connectivity index (χ3v) is 4.52. The van der Waals surface area contributed by atoms with Gasteiger partial charge >= 0.3 is 0 Å². The van der Waals surface area contributed by atoms with Gasteiger partial charge in [-0.05, 0) is 37.8 Å². The molecule has 3 aromatic rings. The third-order valence-electron chi connectivity index (χ3n) is 4.52. The molecule has 0 saturated heterocycles. The molecule has 138 valence electrons. The molecule has 0 atom stereocenters. The number of hydrogen-bond acceptors (Lipinski definition) is 3. The van der Waals surface area contributed by atoms with Crippen LogP contribution < -0.4 is 10.6 Å². The van der Waals surface area contributed by atoms with Crippen LogP contribution in [0.5, 0.6) is 0 Å². The van der Waals surface area contributed by atoms with Gasteiger partial charge in [-0.3, -0.25) is 4.99 Å². The summed E-state index contributed by atoms with van der Waals surface area (Å²) in [7, 11) is 1.81. The summed E-state index contributed by atoms with van der Waals surface area (Å²) >= 11 is 0. The average molecular weight is 353 g/mol. The molecule has 0 aliphatic rings. The molecule has 2 aromatic heterocycles. The zero-order chi connectivity index (χ0) is 18.2. The number of fused-ring (bicyclic) bond motifs is 1. The van der Waals surface area contributed by atoms with Crippen molar-refractivity contribution in [2.75, 3.05) is 20.1 Å². The normalized spacial score (nSPS) is 11.8. The molecule has 0 bridgehead atoms. The molecule has 1 aromatic carbocycles. The van der Waals surface area contributed by atoms with Gasteiger partial charge in [0, 0.05) is 43.3 Å². The maximum absolute atomic E-state index is 4.30. The maximum atomic E-state index is 4.30. The zero-order valence-electron chi connectivity index (χ0n) is 15.5. The van der Waals surface area contributed by atoms with E-state index in [1.54, 1.807) is 12.7 Å². The van der Waals surface area contributed by atoms with Gasteiger partial charge in [-0.2, -0.15) is 0 Å². The van der Waals surface area contributed by atoms with Crippen LogP contribution in [-0.2, 0) is 13.0 Å². The zero-order valence-corrected chi connectivity index (χ0v) is 15.5. The molecule has 3 N–H and O–H groups in total. The Morgan fingerprint density at radius 1 is 1.12 bits per heavy atom. The summed E-state index contributed by atoms with van der Waals surface area (Å²) in [5.74, 6) is 0.854. The van der Waals surface area contributed by atoms with Crippen molar-refractivity contribution in [1.29, 1.82) is 0 Å². The number of para-hydroxylation sites is 1. The van der Waals surface area contributed by atoms with Gasteiger partial charge in [0.15, 0.2) is 5.96 Å². The van der Waals surface area contributed by atoms with Crippen LogP contribution in [-0.4, -0.2) is 45.8 Å². The lowest BCUT2D eigenvalue weighted by molar-refractivity contribution is 0.597. The molecular weight excluding hydrogens is 326 g/mol. The molecular formula is C19H27N7. The number of H-pyrrole nitrogens is 1. The summed E-state index contributed by atoms with van der Waals surface area (Å²) in [6.45, 7) is 4.83. The number of benzene rings is 1. The Labute approximate surface area is 153 Å². The molecule has 26 heavy (non-hydrogen) atoms. The second-order valence-corrected chi connectivity index (χ2v) is 6.36. The van der Waals surface area contributed by atoms with Crippen molar-refractivity contribution < 1.29 is 0 Å². The largest absolute Gasteiger partial charge is 0.358 e. The second kappa shape index (κ2) is 9.03. The van der Waals surface area contributed by atoms with Crippen molar-refractivity contribution in [1.82, 2.24) is 30.4 Å². The summed E-state index contributed by atoms with van der Waals surface area (Å²) in [6, 6.07) is 8.46. The lowest BCUT2D eigenvalue weighted by Gasteiger charge is -2.12. The first kappa shape index (κ1) is 18.0. The number of rotatable bonds is 8. The molecule has 0 spiro atoms. The minimum Gasteiger partial charge on any atom is -0.358 e. The van der Waals surface area contributed by atoms with Crippen molar-refractivity contribution in [3.8, 4) is 0 Å². The standard InChI is InChI=1S/C19H27N7/c1-15-16(17-7-3-4-8-18(17)25-15)9-11-22-19(20-2)21-10-5-6-12-26-13-23-24-14-26/h3-4,7-8,13-14,25H,5-6,9-12H2,1-2H3,(H2,20,21,22). The van der Waals surface area contributed by atoms with Crippen molar-refractivity contribution in [2.45, 2.75) is 32.7 Å². The Morgan fingerprint density at radius 3 is 2.69 bits per heavy atom. The average Bonchev–Trinajstić information content (AvgIpc) is 3.27. The quantitative estimate of drug-likeness (QED) is 0.329. The predicted octanol–water partition coefficient (Wildman–Crippen LogP) is 2.26. The van der Waals surface area contributed by atoms with Crippen molar-refractivity contribution in [3.05, 3.63) is 48.2 Å². The highest BCUT2D eigenvalue weighted by molar-refractivity contribution is 5.84. The third kappa shape index (κ3) is 4.62. The molecule has 3 rings (SSSR count). The first-order valence-electron chi connectivity index (χ1n) is 9.11. The fraction of sp³-hybridized carbons (Fsp3) is 0.421. The Morgan fingerprint density at radius 2 is 1.88 bits per heavy atom. The van der Waals surface area contributed by atoms with Gasteiger partial charge in [0.05, 0.1) is 0 Å². The van der Waals surface area contributed by atoms with E-state index in [0.29, 0.717) is 0 Å². The smallest absolute Gasteiger partial charge is 0.190 e. The van der Waals surface area contributed by atoms with Gasteiger partial charge in [-0.15, -0.1) is 10.2 Å². The van der Waals surface area contributed by atoms with E-state index in [2.05, 4.69) is 62.0 Å². The van der Waals surface area contributed by atoms with E-state index >= 15 is 0 Å². The second-order valence-electron chi connectivity index (χ2n) is 6.36. The molecule has 0 unspecified atom stereocenters. The molecule has 0 radical (unpaired) electrons. The lowest BCUT2D eigenvalue weighted by atomic mass is 10.1. The SMILES string of the molecule is CN=C(NCCCCn1cnnc1)NCCc1c(C)[nH]c2ccccc12. The Kier molecular flexibility index (Phi) is 6.24.